The molecule has 0 aromatic heterocycles. The van der Waals surface area contributed by atoms with Crippen molar-refractivity contribution in [3.8, 4) is 0 Å². The first-order chi connectivity index (χ1) is 47.8. The molecule has 0 bridgehead atoms. The number of unbranched alkanes of at least 4 members (excludes halogenated alkanes) is 41. The van der Waals surface area contributed by atoms with Crippen LogP contribution in [0.4, 0.5) is 0 Å². The molecule has 7 atom stereocenters. The molecule has 580 valence electrons. The summed E-state index contributed by atoms with van der Waals surface area (Å²) in [5, 5.41) is 30.1. The van der Waals surface area contributed by atoms with Crippen LogP contribution in [0.5, 0.6) is 0 Å². The van der Waals surface area contributed by atoms with Crippen molar-refractivity contribution in [2.24, 2.45) is 23.7 Å². The van der Waals surface area contributed by atoms with Gasteiger partial charge in [-0.2, -0.15) is 0 Å². The fourth-order valence-electron chi connectivity index (χ4n) is 13.6. The number of esters is 4. The highest BCUT2D eigenvalue weighted by atomic mass is 16.6. The zero-order chi connectivity index (χ0) is 71.8. The fourth-order valence-corrected chi connectivity index (χ4v) is 13.6. The lowest BCUT2D eigenvalue weighted by molar-refractivity contribution is -0.167. The highest BCUT2D eigenvalue weighted by molar-refractivity contribution is 5.71. The van der Waals surface area contributed by atoms with Crippen molar-refractivity contribution in [2.75, 3.05) is 33.0 Å². The van der Waals surface area contributed by atoms with Gasteiger partial charge in [-0.15, -0.1) is 0 Å². The molecule has 0 amide bonds. The summed E-state index contributed by atoms with van der Waals surface area (Å²) in [5.41, 5.74) is 0. The molecule has 0 aromatic rings. The van der Waals surface area contributed by atoms with Gasteiger partial charge in [-0.25, -0.2) is 0 Å². The van der Waals surface area contributed by atoms with Crippen molar-refractivity contribution in [3.63, 3.8) is 0 Å². The molecule has 0 aliphatic carbocycles. The van der Waals surface area contributed by atoms with E-state index in [1.54, 1.807) is 0 Å². The molecular formula is C86H164O12. The minimum absolute atomic E-state index is 0.0648. The molecule has 12 heteroatoms. The Morgan fingerprint density at radius 2 is 0.633 bits per heavy atom. The van der Waals surface area contributed by atoms with Crippen LogP contribution in [0.15, 0.2) is 12.2 Å². The van der Waals surface area contributed by atoms with Crippen LogP contribution in [-0.4, -0.2) is 96.6 Å². The second-order valence-electron chi connectivity index (χ2n) is 30.6. The summed E-state index contributed by atoms with van der Waals surface area (Å²) in [7, 11) is 0. The number of hydrogen-bond donors (Lipinski definition) is 3. The number of hydrogen-bond acceptors (Lipinski definition) is 12. The number of rotatable bonds is 71. The zero-order valence-corrected chi connectivity index (χ0v) is 65.8. The predicted molar refractivity (Wildman–Crippen MR) is 411 cm³/mol. The van der Waals surface area contributed by atoms with Gasteiger partial charge in [-0.3, -0.25) is 19.2 Å². The number of carbonyl (C=O) groups is 4. The zero-order valence-electron chi connectivity index (χ0n) is 65.8. The number of aliphatic hydroxyl groups excluding tert-OH is 3. The summed E-state index contributed by atoms with van der Waals surface area (Å²) in [6.45, 7) is 16.5. The van der Waals surface area contributed by atoms with E-state index in [4.69, 9.17) is 23.7 Å². The van der Waals surface area contributed by atoms with E-state index < -0.39 is 30.3 Å². The van der Waals surface area contributed by atoms with E-state index in [2.05, 4.69) is 60.6 Å². The Bertz CT molecular complexity index is 1690. The lowest BCUT2D eigenvalue weighted by atomic mass is 9.93. The topological polar surface area (TPSA) is 175 Å². The Morgan fingerprint density at radius 3 is 0.959 bits per heavy atom. The average Bonchev–Trinajstić information content (AvgIpc) is 1.66. The van der Waals surface area contributed by atoms with E-state index in [-0.39, 0.29) is 50.3 Å². The van der Waals surface area contributed by atoms with Gasteiger partial charge in [0.2, 0.25) is 0 Å². The molecule has 0 saturated carbocycles. The van der Waals surface area contributed by atoms with Crippen molar-refractivity contribution in [2.45, 2.75) is 458 Å². The molecule has 0 spiro atoms. The first kappa shape index (κ1) is 95.5. The molecular weight excluding hydrogens is 1220 g/mol. The number of ether oxygens (including phenoxy) is 5. The first-order valence-electron chi connectivity index (χ1n) is 42.7. The second kappa shape index (κ2) is 74.2. The Hall–Kier alpha value is -2.54. The maximum atomic E-state index is 12.9. The maximum absolute atomic E-state index is 12.9. The SMILES string of the molecule is CCCCCC/C=C/CCCCCCCCCC(=O)OCC(O)C1COCCC(O)C1O.CCCCCCC(C)CCCCCCCCCCC(=O)OCC(COC(=O)CCCCCCCCCCC(C)CCCCCC)OC(=O)CCCCCCCCCCC(C)CCCCCC. The van der Waals surface area contributed by atoms with Crippen LogP contribution in [0.3, 0.4) is 0 Å². The van der Waals surface area contributed by atoms with E-state index in [0.29, 0.717) is 38.7 Å². The monoisotopic (exact) mass is 1390 g/mol. The molecule has 1 heterocycles. The predicted octanol–water partition coefficient (Wildman–Crippen LogP) is 24.2. The van der Waals surface area contributed by atoms with Gasteiger partial charge in [-0.05, 0) is 75.5 Å². The van der Waals surface area contributed by atoms with Gasteiger partial charge in [0.05, 0.1) is 24.9 Å². The van der Waals surface area contributed by atoms with Gasteiger partial charge in [0.15, 0.2) is 6.10 Å². The van der Waals surface area contributed by atoms with Crippen LogP contribution in [0, 0.1) is 23.7 Å². The number of allylic oxidation sites excluding steroid dienone is 2. The van der Waals surface area contributed by atoms with Gasteiger partial charge in [0.25, 0.3) is 0 Å². The summed E-state index contributed by atoms with van der Waals surface area (Å²) in [4.78, 5) is 50.2. The first-order valence-corrected chi connectivity index (χ1v) is 42.7. The van der Waals surface area contributed by atoms with Crippen LogP contribution >= 0.6 is 0 Å². The van der Waals surface area contributed by atoms with Crippen molar-refractivity contribution in [3.05, 3.63) is 12.2 Å². The molecule has 3 N–H and O–H groups in total. The number of carbonyl (C=O) groups excluding carboxylic acids is 4. The molecule has 1 fully saturated rings. The lowest BCUT2D eigenvalue weighted by Crippen LogP contribution is -2.42. The van der Waals surface area contributed by atoms with Crippen molar-refractivity contribution in [1.82, 2.24) is 0 Å². The second-order valence-corrected chi connectivity index (χ2v) is 30.6. The summed E-state index contributed by atoms with van der Waals surface area (Å²) < 4.78 is 27.4. The van der Waals surface area contributed by atoms with Gasteiger partial charge < -0.3 is 39.0 Å². The number of aliphatic hydroxyl groups is 3. The lowest BCUT2D eigenvalue weighted by Gasteiger charge is -2.27. The van der Waals surface area contributed by atoms with Crippen molar-refractivity contribution in [1.29, 1.82) is 0 Å². The third-order valence-corrected chi connectivity index (χ3v) is 20.5. The molecule has 1 rings (SSSR count). The largest absolute Gasteiger partial charge is 0.463 e. The third-order valence-electron chi connectivity index (χ3n) is 20.5. The standard InChI is InChI=1S/C60H116O6.C26H48O6/c1-7-10-13-34-43-54(4)46-37-28-22-16-19-25-31-40-49-58(61)64-52-57(66-60(63)51-42-33-27-21-18-24-30-39-48-56(6)45-36-15-12-9-3)53-65-59(62)50-41-32-26-20-17-23-29-38-47-55(5)44-35-14-11-8-2;1-2-3-4-5-6-7-8-9-10-11-12-13-14-15-16-17-25(29)32-21-24(28)22-20-31-19-18-23(27)26(22)30/h54-57H,7-53H2,1-6H3;7-8,22-24,26-28,30H,2-6,9-21H2,1H3/b;8-7+. The van der Waals surface area contributed by atoms with Crippen molar-refractivity contribution < 1.29 is 58.2 Å². The summed E-state index contributed by atoms with van der Waals surface area (Å²) >= 11 is 0. The Labute approximate surface area is 606 Å². The molecule has 1 aliphatic heterocycles. The Balaban J connectivity index is 0.00000244. The molecule has 1 saturated heterocycles. The van der Waals surface area contributed by atoms with Crippen LogP contribution in [0.25, 0.3) is 0 Å². The molecule has 0 radical (unpaired) electrons. The third kappa shape index (κ3) is 66.7. The van der Waals surface area contributed by atoms with Crippen molar-refractivity contribution >= 4 is 23.9 Å². The van der Waals surface area contributed by atoms with E-state index in [1.165, 1.54) is 276 Å². The van der Waals surface area contributed by atoms with Crippen LogP contribution in [0.2, 0.25) is 0 Å². The minimum atomic E-state index is -1.07. The summed E-state index contributed by atoms with van der Waals surface area (Å²) in [6.07, 6.45) is 71.4. The quantitative estimate of drug-likeness (QED) is 0.0228. The molecule has 7 unspecified atom stereocenters. The summed E-state index contributed by atoms with van der Waals surface area (Å²) in [5.74, 6) is 0.781. The van der Waals surface area contributed by atoms with E-state index in [0.717, 1.165) is 94.8 Å². The van der Waals surface area contributed by atoms with E-state index in [1.807, 2.05) is 0 Å². The highest BCUT2D eigenvalue weighted by Gasteiger charge is 2.35. The highest BCUT2D eigenvalue weighted by Crippen LogP contribution is 2.24. The van der Waals surface area contributed by atoms with Gasteiger partial charge >= 0.3 is 23.9 Å². The maximum Gasteiger partial charge on any atom is 0.306 e. The van der Waals surface area contributed by atoms with E-state index >= 15 is 0 Å². The summed E-state index contributed by atoms with van der Waals surface area (Å²) in [6, 6.07) is 0. The van der Waals surface area contributed by atoms with Crippen LogP contribution in [0.1, 0.15) is 434 Å². The normalized spacial score (nSPS) is 16.4. The fraction of sp³-hybridized carbons (Fsp3) is 0.930. The van der Waals surface area contributed by atoms with Crippen LogP contribution in [-0.2, 0) is 42.9 Å². The van der Waals surface area contributed by atoms with Gasteiger partial charge in [-0.1, -0.05) is 362 Å². The minimum Gasteiger partial charge on any atom is -0.463 e. The van der Waals surface area contributed by atoms with Gasteiger partial charge in [0.1, 0.15) is 19.8 Å². The molecule has 12 nitrogen and oxygen atoms in total. The molecule has 1 aliphatic rings. The molecule has 0 aromatic carbocycles. The Morgan fingerprint density at radius 1 is 0.367 bits per heavy atom. The van der Waals surface area contributed by atoms with Crippen LogP contribution < -0.4 is 0 Å². The average molecular weight is 1390 g/mol. The Kier molecular flexibility index (Phi) is 72.3. The van der Waals surface area contributed by atoms with E-state index in [9.17, 15) is 34.5 Å². The van der Waals surface area contributed by atoms with Gasteiger partial charge in [0, 0.05) is 38.2 Å². The molecule has 98 heavy (non-hydrogen) atoms. The smallest absolute Gasteiger partial charge is 0.306 e.